The summed E-state index contributed by atoms with van der Waals surface area (Å²) < 4.78 is 47.0. The lowest BCUT2D eigenvalue weighted by Crippen LogP contribution is -2.36. The number of rotatable bonds is 6. The molecule has 10 heteroatoms. The van der Waals surface area contributed by atoms with Gasteiger partial charge in [0.2, 0.25) is 5.76 Å². The molecule has 0 saturated carbocycles. The van der Waals surface area contributed by atoms with Gasteiger partial charge in [-0.2, -0.15) is 18.3 Å². The van der Waals surface area contributed by atoms with Crippen LogP contribution in [0.15, 0.2) is 35.0 Å². The smallest absolute Gasteiger partial charge is 0.405 e. The molecule has 7 nitrogen and oxygen atoms in total. The van der Waals surface area contributed by atoms with E-state index in [-0.39, 0.29) is 5.76 Å². The second kappa shape index (κ2) is 6.99. The van der Waals surface area contributed by atoms with Crippen LogP contribution in [0.3, 0.4) is 0 Å². The van der Waals surface area contributed by atoms with E-state index in [2.05, 4.69) is 9.84 Å². The van der Waals surface area contributed by atoms with E-state index in [1.165, 1.54) is 12.1 Å². The number of nitrogens with one attached hydrogen (secondary N) is 1. The number of amides is 1. The third-order valence-corrected chi connectivity index (χ3v) is 2.56. The van der Waals surface area contributed by atoms with Crippen LogP contribution in [-0.4, -0.2) is 41.0 Å². The van der Waals surface area contributed by atoms with Gasteiger partial charge in [0.25, 0.3) is 5.91 Å². The summed E-state index contributed by atoms with van der Waals surface area (Å²) in [6.07, 6.45) is -1.24. The molecule has 0 bridgehead atoms. The molecular weight excluding hydrogens is 319 g/mol. The maximum Gasteiger partial charge on any atom is 0.405 e. The third-order valence-electron chi connectivity index (χ3n) is 2.56. The Labute approximate surface area is 128 Å². The second-order valence-electron chi connectivity index (χ2n) is 4.44. The standard InChI is InChI=1S/C13H12F3N3O4/c14-13(15,16)8-17-11(20)7-22-12(21)10-3-2-9(23-10)6-19-5-1-4-18-19/h1-5H,6-8H2,(H,17,20). The molecule has 2 aromatic heterocycles. The number of nitrogens with zero attached hydrogens (tertiary/aromatic N) is 2. The molecule has 1 N–H and O–H groups in total. The van der Waals surface area contributed by atoms with Crippen molar-refractivity contribution in [2.45, 2.75) is 12.7 Å². The van der Waals surface area contributed by atoms with Crippen molar-refractivity contribution in [3.05, 3.63) is 42.1 Å². The van der Waals surface area contributed by atoms with Gasteiger partial charge in [-0.15, -0.1) is 0 Å². The fraction of sp³-hybridized carbons (Fsp3) is 0.308. The Bertz CT molecular complexity index is 664. The van der Waals surface area contributed by atoms with Crippen molar-refractivity contribution in [2.24, 2.45) is 0 Å². The average molecular weight is 331 g/mol. The van der Waals surface area contributed by atoms with Crippen LogP contribution in [0.5, 0.6) is 0 Å². The number of hydrogen-bond donors (Lipinski definition) is 1. The Kier molecular flexibility index (Phi) is 5.04. The Morgan fingerprint density at radius 2 is 2.13 bits per heavy atom. The van der Waals surface area contributed by atoms with Crippen molar-refractivity contribution in [1.82, 2.24) is 15.1 Å². The molecule has 0 aliphatic carbocycles. The lowest BCUT2D eigenvalue weighted by atomic mass is 10.4. The highest BCUT2D eigenvalue weighted by Gasteiger charge is 2.27. The molecule has 0 saturated heterocycles. The Morgan fingerprint density at radius 1 is 1.35 bits per heavy atom. The summed E-state index contributed by atoms with van der Waals surface area (Å²) in [5.74, 6) is -1.73. The van der Waals surface area contributed by atoms with Gasteiger partial charge in [-0.1, -0.05) is 0 Å². The van der Waals surface area contributed by atoms with Gasteiger partial charge in [0.05, 0.1) is 6.54 Å². The van der Waals surface area contributed by atoms with Gasteiger partial charge < -0.3 is 14.5 Å². The Balaban J connectivity index is 1.79. The minimum absolute atomic E-state index is 0.157. The van der Waals surface area contributed by atoms with Crippen LogP contribution in [0.4, 0.5) is 13.2 Å². The third kappa shape index (κ3) is 5.49. The van der Waals surface area contributed by atoms with Gasteiger partial charge in [-0.05, 0) is 18.2 Å². The molecule has 2 aromatic rings. The van der Waals surface area contributed by atoms with Gasteiger partial charge in [0.1, 0.15) is 12.3 Å². The minimum Gasteiger partial charge on any atom is -0.452 e. The van der Waals surface area contributed by atoms with E-state index in [1.807, 2.05) is 0 Å². The molecule has 0 spiro atoms. The zero-order valence-electron chi connectivity index (χ0n) is 11.7. The van der Waals surface area contributed by atoms with Gasteiger partial charge in [0, 0.05) is 12.4 Å². The number of esters is 1. The Hall–Kier alpha value is -2.78. The first-order chi connectivity index (χ1) is 10.8. The summed E-state index contributed by atoms with van der Waals surface area (Å²) in [6, 6.07) is 4.59. The lowest BCUT2D eigenvalue weighted by Gasteiger charge is -2.08. The van der Waals surface area contributed by atoms with Crippen molar-refractivity contribution in [3.8, 4) is 0 Å². The zero-order valence-corrected chi connectivity index (χ0v) is 11.7. The summed E-state index contributed by atoms with van der Waals surface area (Å²) in [5.41, 5.74) is 0. The molecule has 0 fully saturated rings. The number of hydrogen-bond acceptors (Lipinski definition) is 5. The molecule has 0 atom stereocenters. The van der Waals surface area contributed by atoms with Crippen LogP contribution < -0.4 is 5.32 Å². The molecule has 0 aromatic carbocycles. The zero-order chi connectivity index (χ0) is 16.9. The van der Waals surface area contributed by atoms with Crippen LogP contribution in [-0.2, 0) is 16.1 Å². The van der Waals surface area contributed by atoms with Crippen molar-refractivity contribution < 1.29 is 31.9 Å². The number of carbonyl (C=O) groups is 2. The quantitative estimate of drug-likeness (QED) is 0.808. The van der Waals surface area contributed by atoms with Crippen molar-refractivity contribution >= 4 is 11.9 Å². The van der Waals surface area contributed by atoms with Gasteiger partial charge >= 0.3 is 12.1 Å². The van der Waals surface area contributed by atoms with Crippen LogP contribution in [0.1, 0.15) is 16.3 Å². The first-order valence-electron chi connectivity index (χ1n) is 6.40. The maximum absolute atomic E-state index is 11.9. The van der Waals surface area contributed by atoms with E-state index in [1.54, 1.807) is 28.5 Å². The highest BCUT2D eigenvalue weighted by molar-refractivity contribution is 5.88. The lowest BCUT2D eigenvalue weighted by molar-refractivity contribution is -0.140. The van der Waals surface area contributed by atoms with E-state index in [9.17, 15) is 22.8 Å². The molecule has 0 aliphatic rings. The highest BCUT2D eigenvalue weighted by Crippen LogP contribution is 2.12. The molecule has 0 unspecified atom stereocenters. The normalized spacial score (nSPS) is 11.3. The fourth-order valence-electron chi connectivity index (χ4n) is 1.58. The number of furan rings is 1. The number of halogens is 3. The monoisotopic (exact) mass is 331 g/mol. The highest BCUT2D eigenvalue weighted by atomic mass is 19.4. The first-order valence-corrected chi connectivity index (χ1v) is 6.40. The molecule has 0 radical (unpaired) electrons. The molecule has 2 heterocycles. The summed E-state index contributed by atoms with van der Waals surface area (Å²) in [5, 5.41) is 5.54. The fourth-order valence-corrected chi connectivity index (χ4v) is 1.58. The summed E-state index contributed by atoms with van der Waals surface area (Å²) in [6.45, 7) is -2.02. The topological polar surface area (TPSA) is 86.4 Å². The van der Waals surface area contributed by atoms with E-state index in [0.29, 0.717) is 12.3 Å². The van der Waals surface area contributed by atoms with Crippen molar-refractivity contribution in [1.29, 1.82) is 0 Å². The molecule has 23 heavy (non-hydrogen) atoms. The molecule has 2 rings (SSSR count). The first kappa shape index (κ1) is 16.6. The minimum atomic E-state index is -4.53. The molecule has 124 valence electrons. The van der Waals surface area contributed by atoms with Crippen LogP contribution in [0.25, 0.3) is 0 Å². The SMILES string of the molecule is O=C(COC(=O)c1ccc(Cn2cccn2)o1)NCC(F)(F)F. The van der Waals surface area contributed by atoms with E-state index in [4.69, 9.17) is 4.42 Å². The predicted molar refractivity (Wildman–Crippen MR) is 69.4 cm³/mol. The van der Waals surface area contributed by atoms with Gasteiger partial charge in [-0.3, -0.25) is 9.48 Å². The maximum atomic E-state index is 11.9. The van der Waals surface area contributed by atoms with Crippen LogP contribution in [0, 0.1) is 0 Å². The summed E-state index contributed by atoms with van der Waals surface area (Å²) in [7, 11) is 0. The number of ether oxygens (including phenoxy) is 1. The van der Waals surface area contributed by atoms with Crippen molar-refractivity contribution in [2.75, 3.05) is 13.2 Å². The van der Waals surface area contributed by atoms with E-state index < -0.39 is 31.2 Å². The molecule has 1 amide bonds. The van der Waals surface area contributed by atoms with Gasteiger partial charge in [0.15, 0.2) is 6.61 Å². The van der Waals surface area contributed by atoms with Crippen LogP contribution >= 0.6 is 0 Å². The largest absolute Gasteiger partial charge is 0.452 e. The number of carbonyl (C=O) groups excluding carboxylic acids is 2. The second-order valence-corrected chi connectivity index (χ2v) is 4.44. The Morgan fingerprint density at radius 3 is 2.78 bits per heavy atom. The number of alkyl halides is 3. The predicted octanol–water partition coefficient (Wildman–Crippen LogP) is 1.36. The van der Waals surface area contributed by atoms with Crippen molar-refractivity contribution in [3.63, 3.8) is 0 Å². The average Bonchev–Trinajstić information content (AvgIpc) is 3.14. The number of aromatic nitrogens is 2. The molecule has 0 aliphatic heterocycles. The van der Waals surface area contributed by atoms with Gasteiger partial charge in [-0.25, -0.2) is 4.79 Å². The van der Waals surface area contributed by atoms with E-state index in [0.717, 1.165) is 0 Å². The summed E-state index contributed by atoms with van der Waals surface area (Å²) >= 11 is 0. The van der Waals surface area contributed by atoms with Crippen LogP contribution in [0.2, 0.25) is 0 Å². The molecular formula is C13H12F3N3O4. The summed E-state index contributed by atoms with van der Waals surface area (Å²) in [4.78, 5) is 22.7. The van der Waals surface area contributed by atoms with E-state index >= 15 is 0 Å².